The molecule has 0 aliphatic rings. The number of rotatable bonds is 35. The smallest absolute Gasteiger partial charge is 0.176 e. The minimum Gasteiger partial charge on any atom is -0.493 e. The fraction of sp³-hybridized carbons (Fsp3) is 0.750. The first-order valence-electron chi connectivity index (χ1n) is 24.5. The van der Waals surface area contributed by atoms with Crippen LogP contribution >= 0.6 is 0 Å². The summed E-state index contributed by atoms with van der Waals surface area (Å²) in [5, 5.41) is 0. The number of hydrogen-bond donors (Lipinski definition) is 0. The Morgan fingerprint density at radius 1 is 0.433 bits per heavy atom. The summed E-state index contributed by atoms with van der Waals surface area (Å²) in [5.74, 6) is 3.98. The van der Waals surface area contributed by atoms with Crippen molar-refractivity contribution < 1.29 is 38.0 Å². The van der Waals surface area contributed by atoms with Gasteiger partial charge in [-0.05, 0) is 89.5 Å². The molecule has 0 amide bonds. The van der Waals surface area contributed by atoms with Gasteiger partial charge in [-0.1, -0.05) is 122 Å². The van der Waals surface area contributed by atoms with Crippen LogP contribution in [0, 0.1) is 0 Å². The van der Waals surface area contributed by atoms with E-state index in [4.69, 9.17) is 33.2 Å². The Bertz CT molecular complexity index is 1420. The van der Waals surface area contributed by atoms with Crippen molar-refractivity contribution in [3.63, 3.8) is 0 Å². The second-order valence-corrected chi connectivity index (χ2v) is 16.6. The van der Waals surface area contributed by atoms with Gasteiger partial charge in [0.1, 0.15) is 11.3 Å². The minimum atomic E-state index is -0.104. The zero-order chi connectivity index (χ0) is 44.5. The second-order valence-electron chi connectivity index (χ2n) is 16.6. The molecule has 0 aliphatic heterocycles. The standard InChI is InChI=1S/C52H88O8/c1-14-26-38(20-7)55-44-34-37(50(46(35-44)54-13)58-41(23-10)29-17-4)32-33-45(53)49-51(59-42(24-11)30-18-5)47(56-39(21-8)27-15-2)36-48(57-40(22-9)28-16-3)52(49)60-43(25-12)31-19-6/h34-36,38-43H,14-33H2,1-13H3. The molecule has 0 aliphatic carbocycles. The first-order valence-corrected chi connectivity index (χ1v) is 24.5. The highest BCUT2D eigenvalue weighted by molar-refractivity contribution is 6.03. The highest BCUT2D eigenvalue weighted by Gasteiger charge is 2.33. The Morgan fingerprint density at radius 2 is 0.783 bits per heavy atom. The highest BCUT2D eigenvalue weighted by atomic mass is 16.6. The van der Waals surface area contributed by atoms with Gasteiger partial charge in [-0.25, -0.2) is 0 Å². The van der Waals surface area contributed by atoms with Gasteiger partial charge in [-0.3, -0.25) is 4.79 Å². The van der Waals surface area contributed by atoms with E-state index in [2.05, 4.69) is 89.2 Å². The van der Waals surface area contributed by atoms with Gasteiger partial charge in [0.05, 0.1) is 43.7 Å². The third-order valence-corrected chi connectivity index (χ3v) is 11.5. The van der Waals surface area contributed by atoms with Crippen LogP contribution in [0.1, 0.15) is 221 Å². The second kappa shape index (κ2) is 29.9. The average Bonchev–Trinajstić information content (AvgIpc) is 3.25. The molecule has 0 heterocycles. The lowest BCUT2D eigenvalue weighted by Gasteiger charge is -2.29. The molecule has 6 unspecified atom stereocenters. The number of Topliss-reactive ketones (excluding diaryl/α,β-unsaturated/α-hetero) is 1. The molecule has 0 N–H and O–H groups in total. The Balaban J connectivity index is 3.02. The zero-order valence-electron chi connectivity index (χ0n) is 40.6. The molecule has 6 atom stereocenters. The van der Waals surface area contributed by atoms with E-state index >= 15 is 4.79 Å². The van der Waals surface area contributed by atoms with Gasteiger partial charge in [-0.2, -0.15) is 0 Å². The van der Waals surface area contributed by atoms with Crippen molar-refractivity contribution in [2.45, 2.75) is 248 Å². The van der Waals surface area contributed by atoms with E-state index in [9.17, 15) is 0 Å². The first-order chi connectivity index (χ1) is 29.1. The van der Waals surface area contributed by atoms with Crippen molar-refractivity contribution in [2.24, 2.45) is 0 Å². The Labute approximate surface area is 367 Å². The molecule has 2 aromatic carbocycles. The maximum atomic E-state index is 15.4. The summed E-state index contributed by atoms with van der Waals surface area (Å²) in [5.41, 5.74) is 1.29. The summed E-state index contributed by atoms with van der Waals surface area (Å²) in [6, 6.07) is 5.96. The lowest BCUT2D eigenvalue weighted by Crippen LogP contribution is -2.24. The van der Waals surface area contributed by atoms with Crippen molar-refractivity contribution in [1.29, 1.82) is 0 Å². The summed E-state index contributed by atoms with van der Waals surface area (Å²) >= 11 is 0. The molecule has 344 valence electrons. The molecule has 0 radical (unpaired) electrons. The maximum Gasteiger partial charge on any atom is 0.176 e. The van der Waals surface area contributed by atoms with Gasteiger partial charge in [0.25, 0.3) is 0 Å². The summed E-state index contributed by atoms with van der Waals surface area (Å²) in [6.45, 7) is 26.0. The van der Waals surface area contributed by atoms with Crippen molar-refractivity contribution in [2.75, 3.05) is 7.11 Å². The number of ketones is 1. The fourth-order valence-electron chi connectivity index (χ4n) is 7.87. The third kappa shape index (κ3) is 16.5. The molecule has 0 fully saturated rings. The molecular weight excluding hydrogens is 753 g/mol. The molecule has 8 heteroatoms. The molecule has 0 bridgehead atoms. The van der Waals surface area contributed by atoms with Gasteiger partial charge in [0.2, 0.25) is 0 Å². The van der Waals surface area contributed by atoms with Gasteiger partial charge in [-0.15, -0.1) is 0 Å². The Hall–Kier alpha value is -3.29. The molecule has 2 rings (SSSR count). The first kappa shape index (κ1) is 52.8. The van der Waals surface area contributed by atoms with E-state index < -0.39 is 0 Å². The lowest BCUT2D eigenvalue weighted by molar-refractivity contribution is 0.0946. The van der Waals surface area contributed by atoms with Crippen LogP contribution in [-0.4, -0.2) is 49.5 Å². The number of ether oxygens (including phenoxy) is 7. The Kier molecular flexibility index (Phi) is 26.3. The van der Waals surface area contributed by atoms with Crippen LogP contribution in [-0.2, 0) is 6.42 Å². The molecule has 8 nitrogen and oxygen atoms in total. The molecular formula is C52H88O8. The molecule has 0 saturated heterocycles. The van der Waals surface area contributed by atoms with Gasteiger partial charge >= 0.3 is 0 Å². The van der Waals surface area contributed by atoms with Crippen LogP contribution in [0.2, 0.25) is 0 Å². The number of hydrogen-bond acceptors (Lipinski definition) is 8. The van der Waals surface area contributed by atoms with Gasteiger partial charge in [0, 0.05) is 24.1 Å². The fourth-order valence-corrected chi connectivity index (χ4v) is 7.87. The predicted molar refractivity (Wildman–Crippen MR) is 250 cm³/mol. The normalized spacial score (nSPS) is 14.4. The van der Waals surface area contributed by atoms with Crippen molar-refractivity contribution in [1.82, 2.24) is 0 Å². The van der Waals surface area contributed by atoms with E-state index in [-0.39, 0.29) is 48.8 Å². The van der Waals surface area contributed by atoms with Crippen LogP contribution in [0.3, 0.4) is 0 Å². The van der Waals surface area contributed by atoms with E-state index in [1.54, 1.807) is 7.11 Å². The van der Waals surface area contributed by atoms with Gasteiger partial charge < -0.3 is 33.2 Å². The Morgan fingerprint density at radius 3 is 1.13 bits per heavy atom. The number of aryl methyl sites for hydroxylation is 1. The predicted octanol–water partition coefficient (Wildman–Crippen LogP) is 15.3. The zero-order valence-corrected chi connectivity index (χ0v) is 40.6. The van der Waals surface area contributed by atoms with Crippen LogP contribution in [0.25, 0.3) is 0 Å². The third-order valence-electron chi connectivity index (χ3n) is 11.5. The van der Waals surface area contributed by atoms with Gasteiger partial charge in [0.15, 0.2) is 40.3 Å². The highest BCUT2D eigenvalue weighted by Crippen LogP contribution is 2.49. The molecule has 0 saturated carbocycles. The topological polar surface area (TPSA) is 81.7 Å². The van der Waals surface area contributed by atoms with Crippen molar-refractivity contribution >= 4 is 5.78 Å². The van der Waals surface area contributed by atoms with E-state index in [1.807, 2.05) is 12.1 Å². The average molecular weight is 841 g/mol. The van der Waals surface area contributed by atoms with Crippen LogP contribution < -0.4 is 33.2 Å². The van der Waals surface area contributed by atoms with E-state index in [0.29, 0.717) is 46.5 Å². The van der Waals surface area contributed by atoms with Crippen LogP contribution in [0.15, 0.2) is 18.2 Å². The monoisotopic (exact) mass is 841 g/mol. The largest absolute Gasteiger partial charge is 0.493 e. The van der Waals surface area contributed by atoms with E-state index in [1.165, 1.54) is 0 Å². The number of carbonyl (C=O) groups excluding carboxylic acids is 1. The molecule has 60 heavy (non-hydrogen) atoms. The number of methoxy groups -OCH3 is 1. The molecule has 0 spiro atoms. The molecule has 0 aromatic heterocycles. The number of benzene rings is 2. The SMILES string of the molecule is CCCC(CC)Oc1cc(CCC(=O)c2c(OC(CC)CCC)c(OC(CC)CCC)cc(OC(CC)CCC)c2OC(CC)CCC)c(OC(CC)CCC)c(OC)c1. The summed E-state index contributed by atoms with van der Waals surface area (Å²) in [6.07, 6.45) is 16.6. The lowest BCUT2D eigenvalue weighted by atomic mass is 9.98. The van der Waals surface area contributed by atoms with Crippen LogP contribution in [0.5, 0.6) is 40.2 Å². The summed E-state index contributed by atoms with van der Waals surface area (Å²) in [4.78, 5) is 15.4. The quantitative estimate of drug-likeness (QED) is 0.0635. The minimum absolute atomic E-state index is 0.0143. The number of carbonyl (C=O) groups is 1. The van der Waals surface area contributed by atoms with Crippen molar-refractivity contribution in [3.05, 3.63) is 29.3 Å². The van der Waals surface area contributed by atoms with Crippen molar-refractivity contribution in [3.8, 4) is 40.2 Å². The maximum absolute atomic E-state index is 15.4. The summed E-state index contributed by atoms with van der Waals surface area (Å²) < 4.78 is 47.2. The van der Waals surface area contributed by atoms with Crippen LogP contribution in [0.4, 0.5) is 0 Å². The summed E-state index contributed by atoms with van der Waals surface area (Å²) in [7, 11) is 1.68. The van der Waals surface area contributed by atoms with E-state index in [0.717, 1.165) is 127 Å². The molecule has 2 aromatic rings.